The van der Waals surface area contributed by atoms with Gasteiger partial charge in [-0.1, -0.05) is 11.2 Å². The van der Waals surface area contributed by atoms with E-state index in [1.165, 1.54) is 17.5 Å². The van der Waals surface area contributed by atoms with Crippen molar-refractivity contribution >= 4 is 27.0 Å². The maximum atomic E-state index is 13.0. The predicted molar refractivity (Wildman–Crippen MR) is 96.0 cm³/mol. The summed E-state index contributed by atoms with van der Waals surface area (Å²) >= 11 is 1.43. The normalized spacial score (nSPS) is 11.7. The Hall–Kier alpha value is -2.12. The van der Waals surface area contributed by atoms with E-state index in [0.29, 0.717) is 17.0 Å². The second-order valence-corrected chi connectivity index (χ2v) is 8.75. The third kappa shape index (κ3) is 2.97. The maximum absolute atomic E-state index is 13.0. The first-order valence-electron chi connectivity index (χ1n) is 7.40. The Morgan fingerprint density at radius 2 is 1.79 bits per heavy atom. The fourth-order valence-electron chi connectivity index (χ4n) is 2.63. The Labute approximate surface area is 145 Å². The summed E-state index contributed by atoms with van der Waals surface area (Å²) in [5, 5.41) is 3.69. The van der Waals surface area contributed by atoms with Crippen LogP contribution in [-0.4, -0.2) is 13.6 Å². The summed E-state index contributed by atoms with van der Waals surface area (Å²) in [7, 11) is -3.74. The minimum absolute atomic E-state index is 0.250. The molecule has 5 nitrogen and oxygen atoms in total. The highest BCUT2D eigenvalue weighted by atomic mass is 32.2. The lowest BCUT2D eigenvalue weighted by Gasteiger charge is -2.11. The van der Waals surface area contributed by atoms with Gasteiger partial charge in [-0.2, -0.15) is 0 Å². The van der Waals surface area contributed by atoms with Crippen LogP contribution in [0.15, 0.2) is 39.9 Å². The minimum atomic E-state index is -3.74. The Morgan fingerprint density at radius 3 is 2.42 bits per heavy atom. The van der Waals surface area contributed by atoms with Crippen molar-refractivity contribution in [1.82, 2.24) is 5.16 Å². The molecule has 0 saturated heterocycles. The summed E-state index contributed by atoms with van der Waals surface area (Å²) < 4.78 is 33.8. The number of nitrogens with one attached hydrogen (secondary N) is 1. The van der Waals surface area contributed by atoms with Crippen LogP contribution in [-0.2, 0) is 10.0 Å². The van der Waals surface area contributed by atoms with Gasteiger partial charge < -0.3 is 4.52 Å². The molecule has 1 aromatic carbocycles. The molecule has 0 aliphatic carbocycles. The lowest BCUT2D eigenvalue weighted by molar-refractivity contribution is 0.431. The Kier molecular flexibility index (Phi) is 4.23. The molecule has 0 atom stereocenters. The highest BCUT2D eigenvalue weighted by Gasteiger charge is 2.28. The molecule has 0 aliphatic heterocycles. The van der Waals surface area contributed by atoms with Crippen LogP contribution in [0.3, 0.4) is 0 Å². The first-order valence-corrected chi connectivity index (χ1v) is 9.70. The van der Waals surface area contributed by atoms with Crippen molar-refractivity contribution in [3.8, 4) is 11.3 Å². The number of hydrogen-bond donors (Lipinski definition) is 1. The molecule has 0 unspecified atom stereocenters. The molecule has 2 aromatic heterocycles. The first kappa shape index (κ1) is 16.7. The van der Waals surface area contributed by atoms with Crippen molar-refractivity contribution in [2.24, 2.45) is 0 Å². The zero-order valence-corrected chi connectivity index (χ0v) is 15.5. The zero-order chi connectivity index (χ0) is 17.5. The molecule has 126 valence electrons. The van der Waals surface area contributed by atoms with Crippen LogP contribution in [0.25, 0.3) is 11.3 Å². The van der Waals surface area contributed by atoms with Crippen LogP contribution in [0.2, 0.25) is 0 Å². The minimum Gasteiger partial charge on any atom is -0.356 e. The van der Waals surface area contributed by atoms with Gasteiger partial charge in [-0.25, -0.2) is 8.42 Å². The summed E-state index contributed by atoms with van der Waals surface area (Å²) in [5.41, 5.74) is 3.27. The molecular weight excluding hydrogens is 344 g/mol. The second-order valence-electron chi connectivity index (χ2n) is 5.70. The van der Waals surface area contributed by atoms with E-state index >= 15 is 0 Å². The fourth-order valence-corrected chi connectivity index (χ4v) is 5.55. The van der Waals surface area contributed by atoms with Gasteiger partial charge in [-0.05, 0) is 51.0 Å². The fraction of sp³-hybridized carbons (Fsp3) is 0.235. The number of benzene rings is 1. The molecule has 0 spiro atoms. The number of nitrogens with zero attached hydrogens (tertiary/aromatic N) is 1. The van der Waals surface area contributed by atoms with Crippen LogP contribution in [0.4, 0.5) is 5.69 Å². The van der Waals surface area contributed by atoms with Gasteiger partial charge in [0.05, 0.1) is 11.8 Å². The van der Waals surface area contributed by atoms with E-state index in [0.717, 1.165) is 20.9 Å². The summed E-state index contributed by atoms with van der Waals surface area (Å²) in [4.78, 5) is 1.85. The molecule has 1 N–H and O–H groups in total. The van der Waals surface area contributed by atoms with Gasteiger partial charge >= 0.3 is 0 Å². The third-order valence-electron chi connectivity index (χ3n) is 3.92. The average Bonchev–Trinajstić information content (AvgIpc) is 3.10. The van der Waals surface area contributed by atoms with Crippen LogP contribution < -0.4 is 4.72 Å². The molecule has 0 aliphatic rings. The third-order valence-corrected chi connectivity index (χ3v) is 6.62. The first-order chi connectivity index (χ1) is 11.3. The summed E-state index contributed by atoms with van der Waals surface area (Å²) in [6.45, 7) is 7.62. The largest absolute Gasteiger partial charge is 0.356 e. The quantitative estimate of drug-likeness (QED) is 0.745. The highest BCUT2D eigenvalue weighted by Crippen LogP contribution is 2.39. The van der Waals surface area contributed by atoms with E-state index in [1.807, 2.05) is 32.9 Å². The number of aromatic nitrogens is 1. The van der Waals surface area contributed by atoms with E-state index in [4.69, 9.17) is 4.52 Å². The number of thiophene rings is 1. The summed E-state index contributed by atoms with van der Waals surface area (Å²) in [6.07, 6.45) is 1.51. The Bertz CT molecular complexity index is 987. The van der Waals surface area contributed by atoms with Gasteiger partial charge in [0.2, 0.25) is 0 Å². The number of anilines is 1. The zero-order valence-electron chi connectivity index (χ0n) is 13.9. The van der Waals surface area contributed by atoms with Gasteiger partial charge in [-0.15, -0.1) is 11.3 Å². The van der Waals surface area contributed by atoms with Gasteiger partial charge in [0.1, 0.15) is 4.90 Å². The van der Waals surface area contributed by atoms with E-state index in [9.17, 15) is 8.42 Å². The molecule has 0 bridgehead atoms. The molecule has 3 rings (SSSR count). The second kappa shape index (κ2) is 6.07. The van der Waals surface area contributed by atoms with Crippen molar-refractivity contribution < 1.29 is 12.9 Å². The number of rotatable bonds is 4. The standard InChI is InChI=1S/C17H18N2O3S2/c1-10-5-6-14(9-11(10)2)19-24(20,21)17-13(4)23-12(3)16(17)15-7-8-18-22-15/h5-9,19H,1-4H3. The van der Waals surface area contributed by atoms with Gasteiger partial charge in [-0.3, -0.25) is 4.72 Å². The SMILES string of the molecule is Cc1ccc(NS(=O)(=O)c2c(C)sc(C)c2-c2ccno2)cc1C. The van der Waals surface area contributed by atoms with Gasteiger partial charge in [0, 0.05) is 21.5 Å². The van der Waals surface area contributed by atoms with E-state index in [2.05, 4.69) is 9.88 Å². The predicted octanol–water partition coefficient (Wildman–Crippen LogP) is 4.44. The maximum Gasteiger partial charge on any atom is 0.263 e. The average molecular weight is 362 g/mol. The van der Waals surface area contributed by atoms with Crippen molar-refractivity contribution in [1.29, 1.82) is 0 Å². The lowest BCUT2D eigenvalue weighted by Crippen LogP contribution is -2.14. The van der Waals surface area contributed by atoms with Crippen molar-refractivity contribution in [2.45, 2.75) is 32.6 Å². The molecule has 0 radical (unpaired) electrons. The summed E-state index contributed by atoms with van der Waals surface area (Å²) in [6, 6.07) is 7.16. The summed E-state index contributed by atoms with van der Waals surface area (Å²) in [5.74, 6) is 0.456. The van der Waals surface area contributed by atoms with Crippen molar-refractivity contribution in [3.63, 3.8) is 0 Å². The molecule has 0 saturated carbocycles. The molecule has 2 heterocycles. The number of sulfonamides is 1. The molecule has 3 aromatic rings. The van der Waals surface area contributed by atoms with Crippen LogP contribution in [0.1, 0.15) is 20.9 Å². The van der Waals surface area contributed by atoms with Crippen LogP contribution in [0.5, 0.6) is 0 Å². The van der Waals surface area contributed by atoms with E-state index in [-0.39, 0.29) is 4.90 Å². The van der Waals surface area contributed by atoms with Crippen LogP contribution in [0, 0.1) is 27.7 Å². The van der Waals surface area contributed by atoms with Crippen LogP contribution >= 0.6 is 11.3 Å². The number of hydrogen-bond acceptors (Lipinski definition) is 5. The number of aryl methyl sites for hydroxylation is 4. The van der Waals surface area contributed by atoms with E-state index in [1.54, 1.807) is 19.1 Å². The van der Waals surface area contributed by atoms with Gasteiger partial charge in [0.25, 0.3) is 10.0 Å². The molecule has 24 heavy (non-hydrogen) atoms. The van der Waals surface area contributed by atoms with Crippen molar-refractivity contribution in [2.75, 3.05) is 4.72 Å². The molecular formula is C17H18N2O3S2. The topological polar surface area (TPSA) is 72.2 Å². The van der Waals surface area contributed by atoms with Gasteiger partial charge in [0.15, 0.2) is 5.76 Å². The monoisotopic (exact) mass is 362 g/mol. The Morgan fingerprint density at radius 1 is 1.04 bits per heavy atom. The highest BCUT2D eigenvalue weighted by molar-refractivity contribution is 7.93. The Balaban J connectivity index is 2.09. The van der Waals surface area contributed by atoms with E-state index < -0.39 is 10.0 Å². The molecule has 0 amide bonds. The smallest absolute Gasteiger partial charge is 0.263 e. The van der Waals surface area contributed by atoms with Crippen molar-refractivity contribution in [3.05, 3.63) is 51.3 Å². The molecule has 7 heteroatoms. The lowest BCUT2D eigenvalue weighted by atomic mass is 10.1. The molecule has 0 fully saturated rings.